The third kappa shape index (κ3) is 4.99. The van der Waals surface area contributed by atoms with Crippen LogP contribution >= 0.6 is 11.6 Å². The molecule has 0 spiro atoms. The number of nitrogens with zero attached hydrogens (tertiary/aromatic N) is 1. The second-order valence-electron chi connectivity index (χ2n) is 7.09. The first kappa shape index (κ1) is 22.2. The maximum absolute atomic E-state index is 13.1. The number of nitrogens with one attached hydrogen (secondary N) is 1. The van der Waals surface area contributed by atoms with Crippen molar-refractivity contribution in [3.8, 4) is 11.5 Å². The molecule has 2 aromatic carbocycles. The molecule has 0 radical (unpaired) electrons. The molecule has 1 heterocycles. The fourth-order valence-electron chi connectivity index (χ4n) is 3.37. The lowest BCUT2D eigenvalue weighted by Crippen LogP contribution is -2.49. The van der Waals surface area contributed by atoms with Crippen LogP contribution in [0.2, 0.25) is 5.02 Å². The van der Waals surface area contributed by atoms with Gasteiger partial charge in [-0.3, -0.25) is 9.10 Å². The van der Waals surface area contributed by atoms with Gasteiger partial charge in [0, 0.05) is 5.02 Å². The summed E-state index contributed by atoms with van der Waals surface area (Å²) >= 11 is 5.93. The standard InChI is InChI=1S/C21H25ClN2O5S/c1-4-18(24(30(3,26)27)17-8-6-16(22)7-9-17)21(25)23-14(2)15-5-10-19-20(13-15)29-12-11-28-19/h5-10,13-14,18H,4,11-12H2,1-3H3,(H,23,25)/t14-,18+/m1/s1. The smallest absolute Gasteiger partial charge is 0.244 e. The number of benzene rings is 2. The van der Waals surface area contributed by atoms with Crippen LogP contribution in [0.5, 0.6) is 11.5 Å². The van der Waals surface area contributed by atoms with Gasteiger partial charge in [0.2, 0.25) is 15.9 Å². The first-order chi connectivity index (χ1) is 14.2. The Morgan fingerprint density at radius 1 is 1.13 bits per heavy atom. The third-order valence-electron chi connectivity index (χ3n) is 4.84. The van der Waals surface area contributed by atoms with Crippen molar-refractivity contribution < 1.29 is 22.7 Å². The zero-order valence-corrected chi connectivity index (χ0v) is 18.7. The zero-order valence-electron chi connectivity index (χ0n) is 17.1. The van der Waals surface area contributed by atoms with Crippen molar-refractivity contribution in [1.82, 2.24) is 5.32 Å². The van der Waals surface area contributed by atoms with E-state index in [1.165, 1.54) is 0 Å². The van der Waals surface area contributed by atoms with Gasteiger partial charge in [-0.25, -0.2) is 8.42 Å². The number of ether oxygens (including phenoxy) is 2. The Morgan fingerprint density at radius 2 is 1.77 bits per heavy atom. The molecular weight excluding hydrogens is 428 g/mol. The van der Waals surface area contributed by atoms with Gasteiger partial charge < -0.3 is 14.8 Å². The summed E-state index contributed by atoms with van der Waals surface area (Å²) in [4.78, 5) is 13.1. The average molecular weight is 453 g/mol. The molecule has 162 valence electrons. The van der Waals surface area contributed by atoms with Crippen molar-refractivity contribution in [1.29, 1.82) is 0 Å². The molecule has 1 amide bonds. The van der Waals surface area contributed by atoms with Gasteiger partial charge in [-0.2, -0.15) is 0 Å². The molecule has 1 aliphatic heterocycles. The van der Waals surface area contributed by atoms with Crippen LogP contribution in [0.3, 0.4) is 0 Å². The molecule has 0 fully saturated rings. The number of amides is 1. The first-order valence-electron chi connectivity index (χ1n) is 9.65. The largest absolute Gasteiger partial charge is 0.486 e. The minimum atomic E-state index is -3.71. The van der Waals surface area contributed by atoms with E-state index in [0.717, 1.165) is 16.1 Å². The Morgan fingerprint density at radius 3 is 2.37 bits per heavy atom. The molecule has 0 aliphatic carbocycles. The lowest BCUT2D eigenvalue weighted by molar-refractivity contribution is -0.122. The predicted octanol–water partition coefficient (Wildman–Crippen LogP) is 3.53. The van der Waals surface area contributed by atoms with Crippen LogP contribution in [-0.2, 0) is 14.8 Å². The maximum Gasteiger partial charge on any atom is 0.244 e. The summed E-state index contributed by atoms with van der Waals surface area (Å²) in [5.74, 6) is 0.909. The van der Waals surface area contributed by atoms with Crippen LogP contribution in [0.15, 0.2) is 42.5 Å². The number of fused-ring (bicyclic) bond motifs is 1. The maximum atomic E-state index is 13.1. The van der Waals surface area contributed by atoms with Gasteiger partial charge >= 0.3 is 0 Å². The second kappa shape index (κ2) is 9.14. The van der Waals surface area contributed by atoms with E-state index >= 15 is 0 Å². The number of carbonyl (C=O) groups is 1. The molecule has 7 nitrogen and oxygen atoms in total. The molecule has 2 aromatic rings. The van der Waals surface area contributed by atoms with Gasteiger partial charge in [0.05, 0.1) is 18.0 Å². The summed E-state index contributed by atoms with van der Waals surface area (Å²) in [5.41, 5.74) is 1.22. The summed E-state index contributed by atoms with van der Waals surface area (Å²) < 4.78 is 37.3. The average Bonchev–Trinajstić information content (AvgIpc) is 2.71. The van der Waals surface area contributed by atoms with Crippen molar-refractivity contribution in [2.24, 2.45) is 0 Å². The zero-order chi connectivity index (χ0) is 21.9. The lowest BCUT2D eigenvalue weighted by Gasteiger charge is -2.31. The van der Waals surface area contributed by atoms with Gasteiger partial charge in [0.1, 0.15) is 19.3 Å². The lowest BCUT2D eigenvalue weighted by atomic mass is 10.1. The van der Waals surface area contributed by atoms with E-state index in [1.807, 2.05) is 19.1 Å². The van der Waals surface area contributed by atoms with E-state index in [4.69, 9.17) is 21.1 Å². The van der Waals surface area contributed by atoms with Crippen LogP contribution in [-0.4, -0.2) is 39.8 Å². The molecule has 9 heteroatoms. The number of hydrogen-bond donors (Lipinski definition) is 1. The van der Waals surface area contributed by atoms with E-state index in [1.54, 1.807) is 37.3 Å². The van der Waals surface area contributed by atoms with Crippen LogP contribution in [0.1, 0.15) is 31.9 Å². The highest BCUT2D eigenvalue weighted by atomic mass is 35.5. The quantitative estimate of drug-likeness (QED) is 0.694. The van der Waals surface area contributed by atoms with E-state index in [2.05, 4.69) is 5.32 Å². The minimum absolute atomic E-state index is 0.301. The number of anilines is 1. The van der Waals surface area contributed by atoms with Crippen molar-refractivity contribution in [2.45, 2.75) is 32.4 Å². The topological polar surface area (TPSA) is 84.9 Å². The molecular formula is C21H25ClN2O5S. The molecule has 30 heavy (non-hydrogen) atoms. The minimum Gasteiger partial charge on any atom is -0.486 e. The first-order valence-corrected chi connectivity index (χ1v) is 11.9. The van der Waals surface area contributed by atoms with Crippen LogP contribution < -0.4 is 19.1 Å². The number of hydrogen-bond acceptors (Lipinski definition) is 5. The highest BCUT2D eigenvalue weighted by Crippen LogP contribution is 2.33. The van der Waals surface area contributed by atoms with Gasteiger partial charge in [0.15, 0.2) is 11.5 Å². The Kier molecular flexibility index (Phi) is 6.77. The summed E-state index contributed by atoms with van der Waals surface area (Å²) in [7, 11) is -3.71. The monoisotopic (exact) mass is 452 g/mol. The van der Waals surface area contributed by atoms with Gasteiger partial charge in [0.25, 0.3) is 0 Å². The Bertz CT molecular complexity index is 1010. The predicted molar refractivity (Wildman–Crippen MR) is 117 cm³/mol. The highest BCUT2D eigenvalue weighted by Gasteiger charge is 2.32. The van der Waals surface area contributed by atoms with Gasteiger partial charge in [-0.15, -0.1) is 0 Å². The van der Waals surface area contributed by atoms with Crippen LogP contribution in [0.25, 0.3) is 0 Å². The second-order valence-corrected chi connectivity index (χ2v) is 9.39. The van der Waals surface area contributed by atoms with Crippen molar-refractivity contribution in [2.75, 3.05) is 23.8 Å². The van der Waals surface area contributed by atoms with Crippen LogP contribution in [0, 0.1) is 0 Å². The highest BCUT2D eigenvalue weighted by molar-refractivity contribution is 7.92. The molecule has 2 atom stereocenters. The summed E-state index contributed by atoms with van der Waals surface area (Å²) in [6, 6.07) is 10.6. The normalized spacial score (nSPS) is 15.2. The van der Waals surface area contributed by atoms with Crippen LogP contribution in [0.4, 0.5) is 5.69 Å². The molecule has 0 saturated heterocycles. The number of rotatable bonds is 7. The summed E-state index contributed by atoms with van der Waals surface area (Å²) in [6.45, 7) is 4.58. The molecule has 1 N–H and O–H groups in total. The summed E-state index contributed by atoms with van der Waals surface area (Å²) in [5, 5.41) is 3.40. The SMILES string of the molecule is CC[C@@H](C(=O)N[C@H](C)c1ccc2c(c1)OCCO2)N(c1ccc(Cl)cc1)S(C)(=O)=O. The van der Waals surface area contributed by atoms with Crippen molar-refractivity contribution >= 4 is 33.2 Å². The van der Waals surface area contributed by atoms with Crippen molar-refractivity contribution in [3.05, 3.63) is 53.1 Å². The van der Waals surface area contributed by atoms with Gasteiger partial charge in [-0.1, -0.05) is 24.6 Å². The Labute approximate surface area is 182 Å². The Balaban J connectivity index is 1.82. The molecule has 0 aromatic heterocycles. The molecule has 0 unspecified atom stereocenters. The molecule has 3 rings (SSSR count). The number of halogens is 1. The molecule has 0 bridgehead atoms. The number of sulfonamides is 1. The fraction of sp³-hybridized carbons (Fsp3) is 0.381. The fourth-order valence-corrected chi connectivity index (χ4v) is 4.71. The Hall–Kier alpha value is -2.45. The molecule has 1 aliphatic rings. The molecule has 0 saturated carbocycles. The van der Waals surface area contributed by atoms with E-state index in [-0.39, 0.29) is 11.9 Å². The van der Waals surface area contributed by atoms with E-state index in [9.17, 15) is 13.2 Å². The van der Waals surface area contributed by atoms with E-state index in [0.29, 0.717) is 41.8 Å². The summed E-state index contributed by atoms with van der Waals surface area (Å²) in [6.07, 6.45) is 1.39. The van der Waals surface area contributed by atoms with Crippen molar-refractivity contribution in [3.63, 3.8) is 0 Å². The van der Waals surface area contributed by atoms with E-state index < -0.39 is 16.1 Å². The number of carbonyl (C=O) groups excluding carboxylic acids is 1. The van der Waals surface area contributed by atoms with Gasteiger partial charge in [-0.05, 0) is 55.3 Å². The third-order valence-corrected chi connectivity index (χ3v) is 6.27.